The van der Waals surface area contributed by atoms with Gasteiger partial charge in [-0.3, -0.25) is 0 Å². The van der Waals surface area contributed by atoms with Crippen molar-refractivity contribution >= 4 is 0 Å². The molecule has 2 aromatic carbocycles. The van der Waals surface area contributed by atoms with Crippen molar-refractivity contribution in [3.05, 3.63) is 60.7 Å². The maximum Gasteiger partial charge on any atom is -0.0184 e. The van der Waals surface area contributed by atoms with Gasteiger partial charge >= 0.3 is 0 Å². The Morgan fingerprint density at radius 1 is 0.529 bits per heavy atom. The molecule has 90 valence electrons. The second-order valence-electron chi connectivity index (χ2n) is 5.73. The first-order valence-corrected chi connectivity index (χ1v) is 6.07. The lowest BCUT2D eigenvalue weighted by Crippen LogP contribution is -1.93. The average molecular weight is 226 g/mol. The molecular formula is C17H22. The standard InChI is InChI=1S/C12H10.C5H12/c1-3-7-11(8-4-1)12-9-5-2-6-10-12;1-5(2,3)4/h1-10H;1-4H3. The zero-order chi connectivity index (χ0) is 12.7. The fourth-order valence-corrected chi connectivity index (χ4v) is 1.26. The van der Waals surface area contributed by atoms with E-state index in [9.17, 15) is 0 Å². The Balaban J connectivity index is 0.000000249. The molecule has 0 spiro atoms. The summed E-state index contributed by atoms with van der Waals surface area (Å²) in [6.07, 6.45) is 0. The highest BCUT2D eigenvalue weighted by atomic mass is 14.0. The highest BCUT2D eigenvalue weighted by molar-refractivity contribution is 5.62. The maximum atomic E-state index is 2.19. The Hall–Kier alpha value is -1.56. The van der Waals surface area contributed by atoms with Crippen LogP contribution >= 0.6 is 0 Å². The third-order valence-electron chi connectivity index (χ3n) is 1.88. The van der Waals surface area contributed by atoms with Gasteiger partial charge in [-0.05, 0) is 16.5 Å². The first kappa shape index (κ1) is 13.5. The van der Waals surface area contributed by atoms with Crippen LogP contribution in [0, 0.1) is 5.41 Å². The molecule has 0 heteroatoms. The SMILES string of the molecule is CC(C)(C)C.c1ccc(-c2ccccc2)cc1. The quantitative estimate of drug-likeness (QED) is 0.610. The third kappa shape index (κ3) is 6.57. The van der Waals surface area contributed by atoms with E-state index < -0.39 is 0 Å². The largest absolute Gasteiger partial charge is 0.0622 e. The fourth-order valence-electron chi connectivity index (χ4n) is 1.26. The Morgan fingerprint density at radius 2 is 0.765 bits per heavy atom. The third-order valence-corrected chi connectivity index (χ3v) is 1.88. The predicted molar refractivity (Wildman–Crippen MR) is 77.0 cm³/mol. The summed E-state index contributed by atoms with van der Waals surface area (Å²) in [4.78, 5) is 0. The van der Waals surface area contributed by atoms with Crippen LogP contribution in [0.3, 0.4) is 0 Å². The molecule has 0 aliphatic carbocycles. The molecule has 0 nitrogen and oxygen atoms in total. The Bertz CT molecular complexity index is 363. The summed E-state index contributed by atoms with van der Waals surface area (Å²) in [7, 11) is 0. The van der Waals surface area contributed by atoms with E-state index in [2.05, 4.69) is 76.2 Å². The summed E-state index contributed by atoms with van der Waals surface area (Å²) in [5, 5.41) is 0. The van der Waals surface area contributed by atoms with Crippen molar-refractivity contribution in [3.63, 3.8) is 0 Å². The smallest absolute Gasteiger partial charge is 0.0184 e. The van der Waals surface area contributed by atoms with Crippen LogP contribution in [-0.2, 0) is 0 Å². The molecule has 0 N–H and O–H groups in total. The van der Waals surface area contributed by atoms with Gasteiger partial charge in [-0.25, -0.2) is 0 Å². The molecule has 0 radical (unpaired) electrons. The average Bonchev–Trinajstić information content (AvgIpc) is 2.29. The summed E-state index contributed by atoms with van der Waals surface area (Å²) in [6, 6.07) is 20.8. The zero-order valence-corrected chi connectivity index (χ0v) is 11.3. The minimum absolute atomic E-state index is 0.500. The van der Waals surface area contributed by atoms with E-state index in [0.29, 0.717) is 5.41 Å². The molecule has 0 bridgehead atoms. The monoisotopic (exact) mass is 226 g/mol. The lowest BCUT2D eigenvalue weighted by atomic mass is 10.0. The predicted octanol–water partition coefficient (Wildman–Crippen LogP) is 5.41. The van der Waals surface area contributed by atoms with Crippen molar-refractivity contribution in [3.8, 4) is 11.1 Å². The minimum Gasteiger partial charge on any atom is -0.0622 e. The van der Waals surface area contributed by atoms with Crippen molar-refractivity contribution in [1.29, 1.82) is 0 Å². The number of rotatable bonds is 1. The van der Waals surface area contributed by atoms with Gasteiger partial charge in [-0.1, -0.05) is 88.4 Å². The molecule has 0 aromatic heterocycles. The molecule has 0 aliphatic heterocycles. The normalized spacial score (nSPS) is 10.4. The highest BCUT2D eigenvalue weighted by Crippen LogP contribution is 2.17. The molecule has 0 saturated heterocycles. The van der Waals surface area contributed by atoms with Crippen molar-refractivity contribution < 1.29 is 0 Å². The molecule has 0 atom stereocenters. The molecule has 0 fully saturated rings. The summed E-state index contributed by atoms with van der Waals surface area (Å²) in [6.45, 7) is 8.75. The molecule has 0 aliphatic rings. The molecule has 0 amide bonds. The highest BCUT2D eigenvalue weighted by Gasteiger charge is 1.95. The van der Waals surface area contributed by atoms with Crippen LogP contribution in [0.2, 0.25) is 0 Å². The van der Waals surface area contributed by atoms with E-state index in [1.807, 2.05) is 12.1 Å². The molecule has 2 aromatic rings. The van der Waals surface area contributed by atoms with E-state index in [0.717, 1.165) is 0 Å². The van der Waals surface area contributed by atoms with E-state index in [4.69, 9.17) is 0 Å². The van der Waals surface area contributed by atoms with Crippen molar-refractivity contribution in [1.82, 2.24) is 0 Å². The van der Waals surface area contributed by atoms with Gasteiger partial charge in [0.1, 0.15) is 0 Å². The second-order valence-corrected chi connectivity index (χ2v) is 5.73. The van der Waals surface area contributed by atoms with Gasteiger partial charge in [0.05, 0.1) is 0 Å². The van der Waals surface area contributed by atoms with Crippen molar-refractivity contribution in [2.24, 2.45) is 5.41 Å². The van der Waals surface area contributed by atoms with E-state index in [1.54, 1.807) is 0 Å². The first-order chi connectivity index (χ1) is 7.97. The fraction of sp³-hybridized carbons (Fsp3) is 0.294. The van der Waals surface area contributed by atoms with Gasteiger partial charge in [-0.2, -0.15) is 0 Å². The molecule has 17 heavy (non-hydrogen) atoms. The van der Waals surface area contributed by atoms with Crippen LogP contribution in [-0.4, -0.2) is 0 Å². The summed E-state index contributed by atoms with van der Waals surface area (Å²) >= 11 is 0. The van der Waals surface area contributed by atoms with Gasteiger partial charge < -0.3 is 0 Å². The lowest BCUT2D eigenvalue weighted by Gasteiger charge is -2.05. The molecule has 0 saturated carbocycles. The maximum absolute atomic E-state index is 2.19. The van der Waals surface area contributed by atoms with Gasteiger partial charge in [0.2, 0.25) is 0 Å². The van der Waals surface area contributed by atoms with E-state index >= 15 is 0 Å². The van der Waals surface area contributed by atoms with Crippen molar-refractivity contribution in [2.45, 2.75) is 27.7 Å². The second kappa shape index (κ2) is 6.24. The van der Waals surface area contributed by atoms with Crippen LogP contribution in [0.1, 0.15) is 27.7 Å². The number of hydrogen-bond donors (Lipinski definition) is 0. The van der Waals surface area contributed by atoms with Gasteiger partial charge in [0.25, 0.3) is 0 Å². The Kier molecular flexibility index (Phi) is 4.96. The Labute approximate surface area is 105 Å². The topological polar surface area (TPSA) is 0 Å². The Morgan fingerprint density at radius 3 is 1.00 bits per heavy atom. The number of benzene rings is 2. The molecule has 0 heterocycles. The first-order valence-electron chi connectivity index (χ1n) is 6.07. The van der Waals surface area contributed by atoms with Crippen LogP contribution in [0.4, 0.5) is 0 Å². The minimum atomic E-state index is 0.500. The van der Waals surface area contributed by atoms with Gasteiger partial charge in [0.15, 0.2) is 0 Å². The van der Waals surface area contributed by atoms with Crippen LogP contribution in [0.15, 0.2) is 60.7 Å². The van der Waals surface area contributed by atoms with Crippen LogP contribution in [0.5, 0.6) is 0 Å². The molecule has 0 unspecified atom stereocenters. The van der Waals surface area contributed by atoms with E-state index in [-0.39, 0.29) is 0 Å². The van der Waals surface area contributed by atoms with Gasteiger partial charge in [-0.15, -0.1) is 0 Å². The number of hydrogen-bond acceptors (Lipinski definition) is 0. The zero-order valence-electron chi connectivity index (χ0n) is 11.3. The molecular weight excluding hydrogens is 204 g/mol. The van der Waals surface area contributed by atoms with Crippen LogP contribution in [0.25, 0.3) is 11.1 Å². The lowest BCUT2D eigenvalue weighted by molar-refractivity contribution is 0.469. The summed E-state index contributed by atoms with van der Waals surface area (Å²) in [5.74, 6) is 0. The van der Waals surface area contributed by atoms with Crippen molar-refractivity contribution in [2.75, 3.05) is 0 Å². The molecule has 2 rings (SSSR count). The summed E-state index contributed by atoms with van der Waals surface area (Å²) < 4.78 is 0. The summed E-state index contributed by atoms with van der Waals surface area (Å²) in [5.41, 5.74) is 3.05. The van der Waals surface area contributed by atoms with Crippen LogP contribution < -0.4 is 0 Å². The van der Waals surface area contributed by atoms with E-state index in [1.165, 1.54) is 11.1 Å². The van der Waals surface area contributed by atoms with Gasteiger partial charge in [0, 0.05) is 0 Å².